The van der Waals surface area contributed by atoms with Gasteiger partial charge in [-0.25, -0.2) is 4.39 Å². The molecule has 1 aromatic rings. The van der Waals surface area contributed by atoms with Gasteiger partial charge in [0.1, 0.15) is 28.7 Å². The number of nitrogens with zero attached hydrogens (tertiary/aromatic N) is 1. The Balaban J connectivity index is 1.88. The van der Waals surface area contributed by atoms with Crippen molar-refractivity contribution in [2.45, 2.75) is 44.4 Å². The summed E-state index contributed by atoms with van der Waals surface area (Å²) in [6.07, 6.45) is 0.640. The van der Waals surface area contributed by atoms with Gasteiger partial charge in [0.2, 0.25) is 5.78 Å². The Morgan fingerprint density at radius 3 is 2.53 bits per heavy atom. The average Bonchev–Trinajstić information content (AvgIpc) is 2.79. The Morgan fingerprint density at radius 1 is 1.28 bits per heavy atom. The summed E-state index contributed by atoms with van der Waals surface area (Å²) in [7, 11) is 3.08. The summed E-state index contributed by atoms with van der Waals surface area (Å²) >= 11 is 0. The number of likely N-dealkylation sites (N-methyl/N-ethyl adjacent to an activating group) is 1. The number of aliphatic hydroxyl groups excluding tert-OH is 2. The number of phenolic OH excluding ortho intramolecular Hbond substituents is 1. The summed E-state index contributed by atoms with van der Waals surface area (Å²) < 4.78 is 15.5. The average molecular weight is 504 g/mol. The van der Waals surface area contributed by atoms with Crippen molar-refractivity contribution < 1.29 is 39.2 Å². The fraction of sp³-hybridized carbons (Fsp3) is 0.480. The number of hydrogen-bond acceptors (Lipinski definition) is 9. The lowest BCUT2D eigenvalue weighted by Gasteiger charge is -2.50. The number of hydrogen-bond donors (Lipinski definition) is 6. The highest BCUT2D eigenvalue weighted by Gasteiger charge is 2.63. The Hall–Kier alpha value is -3.28. The molecule has 10 nitrogen and oxygen atoms in total. The molecule has 4 rings (SSSR count). The first kappa shape index (κ1) is 25.8. The van der Waals surface area contributed by atoms with Crippen LogP contribution in [0.1, 0.15) is 41.3 Å². The van der Waals surface area contributed by atoms with Crippen molar-refractivity contribution in [3.8, 4) is 5.75 Å². The number of ketones is 2. The van der Waals surface area contributed by atoms with E-state index < -0.39 is 69.6 Å². The molecular weight excluding hydrogens is 473 g/mol. The van der Waals surface area contributed by atoms with Crippen LogP contribution in [0.2, 0.25) is 0 Å². The number of carbonyl (C=O) groups is 3. The molecule has 1 aromatic carbocycles. The number of nitrogens with two attached hydrogens (primary N) is 1. The van der Waals surface area contributed by atoms with Gasteiger partial charge in [-0.05, 0) is 51.9 Å². The number of carbonyl (C=O) groups excluding carboxylic acids is 3. The maximum absolute atomic E-state index is 15.5. The molecule has 7 N–H and O–H groups in total. The van der Waals surface area contributed by atoms with Crippen molar-refractivity contribution in [2.75, 3.05) is 20.6 Å². The number of Topliss-reactive ketones (excluding diaryl/α,β-unsaturated/α-hetero) is 2. The summed E-state index contributed by atoms with van der Waals surface area (Å²) in [6.45, 7) is 2.72. The molecule has 0 fully saturated rings. The van der Waals surface area contributed by atoms with Crippen LogP contribution >= 0.6 is 0 Å². The second-order valence-corrected chi connectivity index (χ2v) is 9.86. The lowest BCUT2D eigenvalue weighted by Crippen LogP contribution is -2.63. The minimum Gasteiger partial charge on any atom is -0.510 e. The van der Waals surface area contributed by atoms with E-state index in [4.69, 9.17) is 5.73 Å². The lowest BCUT2D eigenvalue weighted by molar-refractivity contribution is -0.148. The molecule has 11 heteroatoms. The van der Waals surface area contributed by atoms with E-state index in [1.165, 1.54) is 4.90 Å². The van der Waals surface area contributed by atoms with E-state index in [9.17, 15) is 34.8 Å². The van der Waals surface area contributed by atoms with Crippen molar-refractivity contribution in [3.05, 3.63) is 51.2 Å². The number of halogens is 1. The number of amides is 1. The molecule has 194 valence electrons. The molecule has 0 aromatic heterocycles. The molecule has 0 spiro atoms. The van der Waals surface area contributed by atoms with Gasteiger partial charge >= 0.3 is 0 Å². The molecule has 0 saturated carbocycles. The normalized spacial score (nSPS) is 27.8. The van der Waals surface area contributed by atoms with Crippen LogP contribution in [0, 0.1) is 17.7 Å². The standard InChI is InChI=1S/C25H30FN3O7/c1-4-5-28-9-11-8-14(30)16-12(18(11)26)6-10-7-13-19(29(2)3)21(32)17(24(27)35)23(34)25(13,36)22(33)15(10)20(16)31/h8,10,13,19,28,30,32-33,36H,4-7,9H2,1-3H3,(H2,27,35)/t10-,13-,19-,25-/m0/s1. The molecule has 0 saturated heterocycles. The lowest BCUT2D eigenvalue weighted by atomic mass is 9.58. The van der Waals surface area contributed by atoms with Gasteiger partial charge in [0.15, 0.2) is 11.4 Å². The smallest absolute Gasteiger partial charge is 0.255 e. The zero-order chi connectivity index (χ0) is 26.7. The van der Waals surface area contributed by atoms with Crippen LogP contribution in [-0.2, 0) is 22.6 Å². The number of nitrogens with one attached hydrogen (secondary N) is 1. The molecule has 0 aliphatic heterocycles. The molecule has 0 radical (unpaired) electrons. The Kier molecular flexibility index (Phi) is 6.44. The zero-order valence-electron chi connectivity index (χ0n) is 20.3. The predicted octanol–water partition coefficient (Wildman–Crippen LogP) is 0.759. The van der Waals surface area contributed by atoms with E-state index >= 15 is 4.39 Å². The minimum absolute atomic E-state index is 0.0126. The van der Waals surface area contributed by atoms with Crippen LogP contribution in [0.15, 0.2) is 28.7 Å². The van der Waals surface area contributed by atoms with Crippen molar-refractivity contribution in [3.63, 3.8) is 0 Å². The predicted molar refractivity (Wildman–Crippen MR) is 126 cm³/mol. The summed E-state index contributed by atoms with van der Waals surface area (Å²) in [6, 6.07) is 0.0468. The third-order valence-corrected chi connectivity index (χ3v) is 7.47. The van der Waals surface area contributed by atoms with Gasteiger partial charge in [0.25, 0.3) is 5.91 Å². The third kappa shape index (κ3) is 3.53. The van der Waals surface area contributed by atoms with Gasteiger partial charge in [-0.1, -0.05) is 6.92 Å². The molecule has 0 unspecified atom stereocenters. The van der Waals surface area contributed by atoms with Crippen LogP contribution in [0.25, 0.3) is 0 Å². The second kappa shape index (κ2) is 8.99. The van der Waals surface area contributed by atoms with Crippen molar-refractivity contribution in [2.24, 2.45) is 17.6 Å². The van der Waals surface area contributed by atoms with E-state index in [1.54, 1.807) is 14.1 Å². The van der Waals surface area contributed by atoms with Gasteiger partial charge in [-0.15, -0.1) is 0 Å². The number of aliphatic hydroxyl groups is 3. The number of rotatable bonds is 6. The van der Waals surface area contributed by atoms with Crippen LogP contribution in [-0.4, -0.2) is 75.1 Å². The first-order chi connectivity index (χ1) is 16.9. The fourth-order valence-corrected chi connectivity index (χ4v) is 5.88. The van der Waals surface area contributed by atoms with Gasteiger partial charge < -0.3 is 31.5 Å². The number of aromatic hydroxyl groups is 1. The van der Waals surface area contributed by atoms with Crippen molar-refractivity contribution in [1.29, 1.82) is 0 Å². The quantitative estimate of drug-likeness (QED) is 0.242. The van der Waals surface area contributed by atoms with Crippen LogP contribution in [0.3, 0.4) is 0 Å². The van der Waals surface area contributed by atoms with Gasteiger partial charge in [0, 0.05) is 29.2 Å². The highest BCUT2D eigenvalue weighted by atomic mass is 19.1. The highest BCUT2D eigenvalue weighted by Crippen LogP contribution is 2.52. The summed E-state index contributed by atoms with van der Waals surface area (Å²) in [4.78, 5) is 40.2. The van der Waals surface area contributed by atoms with Gasteiger partial charge in [-0.3, -0.25) is 19.3 Å². The Labute approximate surface area is 206 Å². The summed E-state index contributed by atoms with van der Waals surface area (Å²) in [5.74, 6) is -8.25. The first-order valence-corrected chi connectivity index (χ1v) is 11.8. The van der Waals surface area contributed by atoms with E-state index in [1.807, 2.05) is 6.92 Å². The van der Waals surface area contributed by atoms with Gasteiger partial charge in [-0.2, -0.15) is 0 Å². The molecule has 36 heavy (non-hydrogen) atoms. The molecule has 3 aliphatic carbocycles. The van der Waals surface area contributed by atoms with Crippen LogP contribution in [0.4, 0.5) is 4.39 Å². The maximum atomic E-state index is 15.5. The third-order valence-electron chi connectivity index (χ3n) is 7.47. The van der Waals surface area contributed by atoms with Crippen LogP contribution < -0.4 is 11.1 Å². The number of primary amides is 1. The fourth-order valence-electron chi connectivity index (χ4n) is 5.88. The number of benzene rings is 1. The second-order valence-electron chi connectivity index (χ2n) is 9.86. The highest BCUT2D eigenvalue weighted by molar-refractivity contribution is 6.24. The molecule has 0 bridgehead atoms. The van der Waals surface area contributed by atoms with E-state index in [0.29, 0.717) is 6.54 Å². The van der Waals surface area contributed by atoms with Gasteiger partial charge in [0.05, 0.1) is 11.6 Å². The SMILES string of the molecule is CCCNCc1cc(O)c2c(c1F)C[C@H]1C[C@H]3[C@H](N(C)C)C(O)=C(C(N)=O)C(=O)[C@@]3(O)C(O)=C1C2=O. The summed E-state index contributed by atoms with van der Waals surface area (Å²) in [5.41, 5.74) is 1.22. The molecular formula is C25H30FN3O7. The number of fused-ring (bicyclic) bond motifs is 3. The van der Waals surface area contributed by atoms with Crippen molar-refractivity contribution >= 4 is 17.5 Å². The first-order valence-electron chi connectivity index (χ1n) is 11.8. The Morgan fingerprint density at radius 2 is 1.94 bits per heavy atom. The molecule has 0 heterocycles. The van der Waals surface area contributed by atoms with Crippen molar-refractivity contribution in [1.82, 2.24) is 10.2 Å². The largest absolute Gasteiger partial charge is 0.510 e. The Bertz CT molecular complexity index is 1240. The zero-order valence-corrected chi connectivity index (χ0v) is 20.3. The topological polar surface area (TPSA) is 173 Å². The summed E-state index contributed by atoms with van der Waals surface area (Å²) in [5, 5.41) is 47.2. The van der Waals surface area contributed by atoms with Crippen LogP contribution in [0.5, 0.6) is 5.75 Å². The monoisotopic (exact) mass is 503 g/mol. The van der Waals surface area contributed by atoms with E-state index in [2.05, 4.69) is 5.32 Å². The van der Waals surface area contributed by atoms with E-state index in [-0.39, 0.29) is 41.6 Å². The molecule has 1 amide bonds. The number of allylic oxidation sites excluding steroid dienone is 1. The molecule has 4 atom stereocenters. The maximum Gasteiger partial charge on any atom is 0.255 e. The minimum atomic E-state index is -2.72. The number of phenols is 1. The van der Waals surface area contributed by atoms with E-state index in [0.717, 1.165) is 12.5 Å². The molecule has 3 aliphatic rings.